The van der Waals surface area contributed by atoms with E-state index < -0.39 is 5.97 Å². The highest BCUT2D eigenvalue weighted by molar-refractivity contribution is 6.02. The lowest BCUT2D eigenvalue weighted by Gasteiger charge is -2.13. The van der Waals surface area contributed by atoms with Gasteiger partial charge in [0.05, 0.1) is 5.56 Å². The molecule has 4 rings (SSSR count). The Kier molecular flexibility index (Phi) is 4.64. The summed E-state index contributed by atoms with van der Waals surface area (Å²) >= 11 is 0. The molecule has 0 heterocycles. The molecule has 5 heteroatoms. The van der Waals surface area contributed by atoms with Gasteiger partial charge < -0.3 is 15.7 Å². The molecule has 4 aromatic rings. The third kappa shape index (κ3) is 3.50. The van der Waals surface area contributed by atoms with Gasteiger partial charge in [-0.1, -0.05) is 48.5 Å². The molecule has 2 amide bonds. The van der Waals surface area contributed by atoms with E-state index in [9.17, 15) is 9.59 Å². The average molecular weight is 370 g/mol. The number of aromatic carboxylic acids is 1. The van der Waals surface area contributed by atoms with Crippen LogP contribution in [0.25, 0.3) is 21.5 Å². The van der Waals surface area contributed by atoms with Gasteiger partial charge in [-0.05, 0) is 57.4 Å². The number of fused-ring (bicyclic) bond motifs is 2. The molecule has 4 aromatic carbocycles. The van der Waals surface area contributed by atoms with E-state index >= 15 is 0 Å². The topological polar surface area (TPSA) is 78.4 Å². The zero-order valence-corrected chi connectivity index (χ0v) is 15.0. The van der Waals surface area contributed by atoms with Gasteiger partial charge in [0.2, 0.25) is 0 Å². The largest absolute Gasteiger partial charge is 0.478 e. The number of carboxylic acids is 1. The lowest BCUT2D eigenvalue weighted by molar-refractivity contribution is 0.0697. The van der Waals surface area contributed by atoms with Crippen molar-refractivity contribution in [2.75, 3.05) is 5.32 Å². The number of urea groups is 1. The van der Waals surface area contributed by atoms with Gasteiger partial charge in [0.1, 0.15) is 0 Å². The summed E-state index contributed by atoms with van der Waals surface area (Å²) in [7, 11) is 0. The number of carboxylic acid groups (broad SMARTS) is 1. The number of anilines is 1. The number of benzene rings is 4. The van der Waals surface area contributed by atoms with Crippen LogP contribution < -0.4 is 10.6 Å². The van der Waals surface area contributed by atoms with Crippen LogP contribution in [-0.4, -0.2) is 17.1 Å². The van der Waals surface area contributed by atoms with Gasteiger partial charge in [0.25, 0.3) is 0 Å². The van der Waals surface area contributed by atoms with Crippen LogP contribution in [0.15, 0.2) is 78.9 Å². The molecule has 0 aromatic heterocycles. The van der Waals surface area contributed by atoms with Crippen molar-refractivity contribution in [2.45, 2.75) is 6.54 Å². The number of rotatable bonds is 4. The molecule has 28 heavy (non-hydrogen) atoms. The first-order chi connectivity index (χ1) is 13.6. The zero-order valence-electron chi connectivity index (χ0n) is 15.0. The molecule has 0 aliphatic heterocycles. The van der Waals surface area contributed by atoms with Crippen molar-refractivity contribution in [1.82, 2.24) is 5.32 Å². The smallest absolute Gasteiger partial charge is 0.335 e. The van der Waals surface area contributed by atoms with Gasteiger partial charge in [-0.15, -0.1) is 0 Å². The van der Waals surface area contributed by atoms with E-state index in [4.69, 9.17) is 5.11 Å². The molecule has 0 spiro atoms. The molecule has 0 saturated carbocycles. The van der Waals surface area contributed by atoms with Crippen LogP contribution in [0.5, 0.6) is 0 Å². The highest BCUT2D eigenvalue weighted by Gasteiger charge is 2.09. The van der Waals surface area contributed by atoms with Gasteiger partial charge in [-0.3, -0.25) is 0 Å². The number of amides is 2. The quantitative estimate of drug-likeness (QED) is 0.442. The predicted molar refractivity (Wildman–Crippen MR) is 111 cm³/mol. The lowest BCUT2D eigenvalue weighted by atomic mass is 9.97. The minimum absolute atomic E-state index is 0.174. The Hall–Kier alpha value is -3.86. The molecule has 0 aliphatic carbocycles. The van der Waals surface area contributed by atoms with Crippen molar-refractivity contribution in [2.24, 2.45) is 0 Å². The van der Waals surface area contributed by atoms with E-state index in [0.29, 0.717) is 12.2 Å². The summed E-state index contributed by atoms with van der Waals surface area (Å²) in [5.74, 6) is -1.00. The summed E-state index contributed by atoms with van der Waals surface area (Å²) in [4.78, 5) is 23.2. The first kappa shape index (κ1) is 17.5. The summed E-state index contributed by atoms with van der Waals surface area (Å²) < 4.78 is 0. The highest BCUT2D eigenvalue weighted by atomic mass is 16.4. The van der Waals surface area contributed by atoms with E-state index in [1.165, 1.54) is 12.1 Å². The van der Waals surface area contributed by atoms with Gasteiger partial charge in [0, 0.05) is 12.2 Å². The lowest BCUT2D eigenvalue weighted by Crippen LogP contribution is -2.28. The molecule has 0 aliphatic rings. The first-order valence-corrected chi connectivity index (χ1v) is 8.89. The summed E-state index contributed by atoms with van der Waals surface area (Å²) in [6.45, 7) is 0.376. The summed E-state index contributed by atoms with van der Waals surface area (Å²) in [6, 6.07) is 24.1. The Morgan fingerprint density at radius 3 is 1.93 bits per heavy atom. The standard InChI is InChI=1S/C23H18N2O3/c26-22(27)15-9-11-18(12-10-15)25-23(28)24-14-21-19-7-3-1-5-16(19)13-17-6-2-4-8-20(17)21/h1-13H,14H2,(H,26,27)(H2,24,25,28). The van der Waals surface area contributed by atoms with Gasteiger partial charge >= 0.3 is 12.0 Å². The van der Waals surface area contributed by atoms with Gasteiger partial charge in [-0.2, -0.15) is 0 Å². The fourth-order valence-electron chi connectivity index (χ4n) is 3.34. The normalized spacial score (nSPS) is 10.7. The van der Waals surface area contributed by atoms with Crippen LogP contribution in [0.1, 0.15) is 15.9 Å². The van der Waals surface area contributed by atoms with E-state index in [-0.39, 0.29) is 11.6 Å². The molecule has 0 unspecified atom stereocenters. The minimum Gasteiger partial charge on any atom is -0.478 e. The summed E-state index contributed by atoms with van der Waals surface area (Å²) in [5.41, 5.74) is 1.77. The highest BCUT2D eigenvalue weighted by Crippen LogP contribution is 2.28. The predicted octanol–water partition coefficient (Wildman–Crippen LogP) is 5.01. The number of carbonyl (C=O) groups is 2. The monoisotopic (exact) mass is 370 g/mol. The summed E-state index contributed by atoms with van der Waals surface area (Å²) in [5, 5.41) is 19.0. The molecule has 0 radical (unpaired) electrons. The minimum atomic E-state index is -1.00. The van der Waals surface area contributed by atoms with E-state index in [1.807, 2.05) is 24.3 Å². The molecule has 0 bridgehead atoms. The number of nitrogens with one attached hydrogen (secondary N) is 2. The van der Waals surface area contributed by atoms with Crippen molar-refractivity contribution >= 4 is 39.2 Å². The van der Waals surface area contributed by atoms with E-state index in [2.05, 4.69) is 41.0 Å². The molecule has 0 atom stereocenters. The van der Waals surface area contributed by atoms with Gasteiger partial charge in [0.15, 0.2) is 0 Å². The SMILES string of the molecule is O=C(NCc1c2ccccc2cc2ccccc12)Nc1ccc(C(=O)O)cc1. The molecule has 0 fully saturated rings. The second kappa shape index (κ2) is 7.40. The maximum Gasteiger partial charge on any atom is 0.335 e. The van der Waals surface area contributed by atoms with Crippen LogP contribution in [-0.2, 0) is 6.54 Å². The van der Waals surface area contributed by atoms with Crippen LogP contribution in [0.3, 0.4) is 0 Å². The Morgan fingerprint density at radius 2 is 1.36 bits per heavy atom. The third-order valence-corrected chi connectivity index (χ3v) is 4.70. The molecule has 0 saturated heterocycles. The second-order valence-corrected chi connectivity index (χ2v) is 6.49. The Balaban J connectivity index is 1.56. The number of hydrogen-bond donors (Lipinski definition) is 3. The van der Waals surface area contributed by atoms with Crippen LogP contribution in [0.4, 0.5) is 10.5 Å². The Bertz CT molecular complexity index is 1130. The number of hydrogen-bond acceptors (Lipinski definition) is 2. The third-order valence-electron chi connectivity index (χ3n) is 4.70. The fraction of sp³-hybridized carbons (Fsp3) is 0.0435. The van der Waals surface area contributed by atoms with Gasteiger partial charge in [-0.25, -0.2) is 9.59 Å². The molecular formula is C23H18N2O3. The summed E-state index contributed by atoms with van der Waals surface area (Å²) in [6.07, 6.45) is 0. The van der Waals surface area contributed by atoms with Crippen molar-refractivity contribution in [3.8, 4) is 0 Å². The second-order valence-electron chi connectivity index (χ2n) is 6.49. The molecule has 5 nitrogen and oxygen atoms in total. The maximum atomic E-state index is 12.3. The zero-order chi connectivity index (χ0) is 19.5. The van der Waals surface area contributed by atoms with Crippen molar-refractivity contribution in [3.63, 3.8) is 0 Å². The van der Waals surface area contributed by atoms with E-state index in [1.54, 1.807) is 12.1 Å². The fourth-order valence-corrected chi connectivity index (χ4v) is 3.34. The molecule has 3 N–H and O–H groups in total. The Labute approximate surface area is 161 Å². The van der Waals surface area contributed by atoms with Crippen LogP contribution in [0.2, 0.25) is 0 Å². The van der Waals surface area contributed by atoms with Crippen molar-refractivity contribution < 1.29 is 14.7 Å². The molecular weight excluding hydrogens is 352 g/mol. The van der Waals surface area contributed by atoms with Crippen LogP contribution in [0, 0.1) is 0 Å². The molecule has 138 valence electrons. The number of carbonyl (C=O) groups excluding carboxylic acids is 1. The Morgan fingerprint density at radius 1 is 0.786 bits per heavy atom. The van der Waals surface area contributed by atoms with Crippen LogP contribution >= 0.6 is 0 Å². The average Bonchev–Trinajstić information content (AvgIpc) is 2.71. The van der Waals surface area contributed by atoms with E-state index in [0.717, 1.165) is 27.1 Å². The first-order valence-electron chi connectivity index (χ1n) is 8.89. The van der Waals surface area contributed by atoms with Crippen molar-refractivity contribution in [3.05, 3.63) is 90.0 Å². The van der Waals surface area contributed by atoms with Crippen molar-refractivity contribution in [1.29, 1.82) is 0 Å². The maximum absolute atomic E-state index is 12.3.